The summed E-state index contributed by atoms with van der Waals surface area (Å²) in [5.74, 6) is 3.91. The third-order valence-corrected chi connectivity index (χ3v) is 27.8. The predicted octanol–water partition coefficient (Wildman–Crippen LogP) is 26.9. The first-order valence-corrected chi connectivity index (χ1v) is 44.4. The van der Waals surface area contributed by atoms with E-state index < -0.39 is 29.2 Å². The number of nitriles is 2. The molecule has 5 aliphatic rings. The highest BCUT2D eigenvalue weighted by atomic mass is 79.9. The van der Waals surface area contributed by atoms with Gasteiger partial charge in [-0.25, -0.2) is 29.9 Å². The molecule has 10 nitrogen and oxygen atoms in total. The van der Waals surface area contributed by atoms with Crippen molar-refractivity contribution in [1.29, 1.82) is 10.5 Å². The van der Waals surface area contributed by atoms with E-state index in [1.807, 2.05) is 164 Å². The molecule has 0 N–H and O–H groups in total. The molecule has 598 valence electrons. The molecule has 0 amide bonds. The molecule has 1 fully saturated rings. The van der Waals surface area contributed by atoms with Crippen molar-refractivity contribution in [2.75, 3.05) is 0 Å². The maximum absolute atomic E-state index is 9.92. The first-order valence-electron chi connectivity index (χ1n) is 42.0. The highest BCUT2D eigenvalue weighted by molar-refractivity contribution is 9.10. The average molecular weight is 1720 g/mol. The van der Waals surface area contributed by atoms with E-state index in [0.29, 0.717) is 46.1 Å². The van der Waals surface area contributed by atoms with Crippen molar-refractivity contribution in [2.45, 2.75) is 69.3 Å². The van der Waals surface area contributed by atoms with E-state index in [1.54, 1.807) is 23.5 Å². The van der Waals surface area contributed by atoms with E-state index in [-0.39, 0.29) is 0 Å². The minimum Gasteiger partial charge on any atom is -0.399 e. The molecule has 14 heteroatoms. The molecule has 0 saturated carbocycles. The number of nitrogens with zero attached hydrogens (tertiary/aromatic N) is 8. The molecule has 0 radical (unpaired) electrons. The Morgan fingerprint density at radius 2 is 0.524 bits per heavy atom. The summed E-state index contributed by atoms with van der Waals surface area (Å²) in [5, 5.41) is 19.6. The second-order valence-corrected chi connectivity index (χ2v) is 36.0. The smallest absolute Gasteiger partial charge is 0.399 e. The Balaban J connectivity index is 0.000000123. The normalized spacial score (nSPS) is 14.2. The van der Waals surface area contributed by atoms with Crippen molar-refractivity contribution >= 4 is 52.0 Å². The number of fused-ring (bicyclic) bond motifs is 18. The standard InChI is InChI=1S/C53H32N4S.C32H26BNO2S.C27H18BrN3/c54-33-34-22-28-46-48(30-34)58-49-32-40(27-29-47(49)53(46)44-20-9-7-18-42(44)43-19-8-10-21-45(43)53)36-25-23-35(24-26-36)39-16-11-17-41(31-39)52-56-50(37-12-3-1-4-13-37)55-51(57-52)38-14-5-2-6-15-38;1-30(2)31(3,4)36-33(35-30)21-14-16-27-29(18-21)37-28-17-20(19-34)13-15-26(28)32(27)24-11-7-5-9-22(24)23-10-6-8-12-25(23)32;28-24-16-14-19(15-17-24)22-12-7-13-23(18-22)27-30-25(20-8-3-1-4-9-20)29-26(31-27)21-10-5-2-6-11-21/h1-32H;5-18H,1-4H3;1-18H. The van der Waals surface area contributed by atoms with Gasteiger partial charge in [0.1, 0.15) is 0 Å². The molecule has 3 aliphatic heterocycles. The van der Waals surface area contributed by atoms with Crippen LogP contribution in [0.25, 0.3) is 124 Å². The summed E-state index contributed by atoms with van der Waals surface area (Å²) in [6, 6.07) is 140. The number of hydrogen-bond donors (Lipinski definition) is 0. The maximum atomic E-state index is 9.92. The molecule has 0 atom stereocenters. The van der Waals surface area contributed by atoms with Crippen molar-refractivity contribution in [2.24, 2.45) is 0 Å². The van der Waals surface area contributed by atoms with Crippen molar-refractivity contribution in [3.05, 3.63) is 448 Å². The average Bonchev–Trinajstić information content (AvgIpc) is 1.51. The monoisotopic (exact) mass is 1720 g/mol. The molecule has 18 aromatic rings. The van der Waals surface area contributed by atoms with Crippen LogP contribution in [0.3, 0.4) is 0 Å². The van der Waals surface area contributed by atoms with Crippen LogP contribution >= 0.6 is 39.5 Å². The van der Waals surface area contributed by atoms with Crippen LogP contribution in [0.2, 0.25) is 0 Å². The fourth-order valence-electron chi connectivity index (χ4n) is 18.3. The summed E-state index contributed by atoms with van der Waals surface area (Å²) < 4.78 is 13.9. The zero-order chi connectivity index (χ0) is 85.3. The van der Waals surface area contributed by atoms with Gasteiger partial charge in [-0.15, -0.1) is 0 Å². The van der Waals surface area contributed by atoms with E-state index in [1.165, 1.54) is 76.6 Å². The lowest BCUT2D eigenvalue weighted by molar-refractivity contribution is 0.00578. The molecule has 2 aromatic heterocycles. The van der Waals surface area contributed by atoms with Gasteiger partial charge in [0.25, 0.3) is 0 Å². The molecule has 2 spiro atoms. The Morgan fingerprint density at radius 3 is 0.881 bits per heavy atom. The number of benzene rings is 16. The fraction of sp³-hybridized carbons (Fsp3) is 0.0714. The lowest BCUT2D eigenvalue weighted by Gasteiger charge is -2.40. The SMILES string of the molecule is Brc1ccc(-c2cccc(-c3nc(-c4ccccc4)nc(-c4ccccc4)n3)c2)cc1.CC1(C)OB(c2ccc3c(c2)Sc2cc(C#N)ccc2C32c3ccccc3-c3ccccc32)OC1(C)C.N#Cc1ccc2c(c1)Sc1cc(-c3ccc(-c4cccc(-c5nc(-c6ccccc6)nc(-c6ccccc6)n5)c4)cc3)ccc1C21c2ccccc2-c2ccccc21. The summed E-state index contributed by atoms with van der Waals surface area (Å²) in [4.78, 5) is 33.8. The molecule has 2 aliphatic carbocycles. The van der Waals surface area contributed by atoms with Gasteiger partial charge in [0.15, 0.2) is 34.9 Å². The maximum Gasteiger partial charge on any atom is 0.494 e. The molecule has 126 heavy (non-hydrogen) atoms. The van der Waals surface area contributed by atoms with Gasteiger partial charge in [0.2, 0.25) is 0 Å². The number of hydrogen-bond acceptors (Lipinski definition) is 12. The Labute approximate surface area is 749 Å². The van der Waals surface area contributed by atoms with Crippen LogP contribution in [0.15, 0.2) is 412 Å². The van der Waals surface area contributed by atoms with Crippen molar-refractivity contribution in [3.63, 3.8) is 0 Å². The van der Waals surface area contributed by atoms with E-state index in [9.17, 15) is 10.5 Å². The van der Waals surface area contributed by atoms with Gasteiger partial charge < -0.3 is 9.31 Å². The molecule has 16 aromatic carbocycles. The van der Waals surface area contributed by atoms with E-state index in [0.717, 1.165) is 86.5 Å². The van der Waals surface area contributed by atoms with Crippen LogP contribution in [-0.4, -0.2) is 48.2 Å². The first kappa shape index (κ1) is 78.9. The quantitative estimate of drug-likeness (QED) is 0.120. The second kappa shape index (κ2) is 32.4. The molecule has 5 heterocycles. The van der Waals surface area contributed by atoms with Gasteiger partial charge in [0, 0.05) is 57.4 Å². The molecule has 1 saturated heterocycles. The third-order valence-electron chi connectivity index (χ3n) is 25.1. The fourth-order valence-corrected chi connectivity index (χ4v) is 21.1. The summed E-state index contributed by atoms with van der Waals surface area (Å²) in [6.07, 6.45) is 0. The van der Waals surface area contributed by atoms with Crippen molar-refractivity contribution in [1.82, 2.24) is 29.9 Å². The van der Waals surface area contributed by atoms with Crippen molar-refractivity contribution < 1.29 is 9.31 Å². The zero-order valence-corrected chi connectivity index (χ0v) is 72.3. The van der Waals surface area contributed by atoms with E-state index in [4.69, 9.17) is 39.2 Å². The van der Waals surface area contributed by atoms with Crippen LogP contribution in [-0.2, 0) is 20.1 Å². The molecule has 0 unspecified atom stereocenters. The van der Waals surface area contributed by atoms with Crippen LogP contribution in [0.5, 0.6) is 0 Å². The number of halogens is 1. The summed E-state index contributed by atoms with van der Waals surface area (Å²) in [7, 11) is -0.429. The topological polar surface area (TPSA) is 143 Å². The predicted molar refractivity (Wildman–Crippen MR) is 511 cm³/mol. The Kier molecular flexibility index (Phi) is 20.3. The van der Waals surface area contributed by atoms with Gasteiger partial charge in [-0.3, -0.25) is 0 Å². The van der Waals surface area contributed by atoms with E-state index in [2.05, 4.69) is 280 Å². The first-order chi connectivity index (χ1) is 61.7. The number of aromatic nitrogens is 6. The van der Waals surface area contributed by atoms with Crippen LogP contribution in [0.1, 0.15) is 83.3 Å². The molecular weight excluding hydrogens is 1640 g/mol. The largest absolute Gasteiger partial charge is 0.494 e. The highest BCUT2D eigenvalue weighted by Crippen LogP contribution is 2.64. The van der Waals surface area contributed by atoms with Crippen LogP contribution in [0, 0.1) is 22.7 Å². The highest BCUT2D eigenvalue weighted by Gasteiger charge is 2.55. The van der Waals surface area contributed by atoms with E-state index >= 15 is 0 Å². The van der Waals surface area contributed by atoms with Crippen LogP contribution < -0.4 is 5.46 Å². The molecule has 0 bridgehead atoms. The lowest BCUT2D eigenvalue weighted by Crippen LogP contribution is -2.41. The van der Waals surface area contributed by atoms with Gasteiger partial charge in [-0.1, -0.05) is 367 Å². The number of rotatable bonds is 10. The van der Waals surface area contributed by atoms with Gasteiger partial charge in [0.05, 0.1) is 45.3 Å². The Morgan fingerprint density at radius 1 is 0.254 bits per heavy atom. The third kappa shape index (κ3) is 14.0. The molecule has 23 rings (SSSR count). The minimum absolute atomic E-state index is 0.403. The Bertz CT molecular complexity index is 7190. The lowest BCUT2D eigenvalue weighted by atomic mass is 9.66. The Hall–Kier alpha value is -14.3. The van der Waals surface area contributed by atoms with Gasteiger partial charge >= 0.3 is 7.12 Å². The van der Waals surface area contributed by atoms with Crippen LogP contribution in [0.4, 0.5) is 0 Å². The minimum atomic E-state index is -0.479. The summed E-state index contributed by atoms with van der Waals surface area (Å²) in [6.45, 7) is 8.34. The summed E-state index contributed by atoms with van der Waals surface area (Å²) in [5.41, 5.74) is 28.2. The van der Waals surface area contributed by atoms with Gasteiger partial charge in [-0.2, -0.15) is 10.5 Å². The van der Waals surface area contributed by atoms with Gasteiger partial charge in [-0.05, 0) is 194 Å². The molecular formula is C112H76BBrN8O2S2. The summed E-state index contributed by atoms with van der Waals surface area (Å²) >= 11 is 7.00. The van der Waals surface area contributed by atoms with Crippen molar-refractivity contribution in [3.8, 4) is 136 Å². The zero-order valence-electron chi connectivity index (χ0n) is 69.1. The second-order valence-electron chi connectivity index (χ2n) is 32.9.